The van der Waals surface area contributed by atoms with Crippen molar-refractivity contribution in [1.82, 2.24) is 20.4 Å². The molecule has 1 aromatic heterocycles. The quantitative estimate of drug-likeness (QED) is 0.648. The molecule has 26 heavy (non-hydrogen) atoms. The summed E-state index contributed by atoms with van der Waals surface area (Å²) in [4.78, 5) is 2.22. The second kappa shape index (κ2) is 8.60. The Hall–Kier alpha value is -2.70. The van der Waals surface area contributed by atoms with Crippen LogP contribution in [0.3, 0.4) is 0 Å². The summed E-state index contributed by atoms with van der Waals surface area (Å²) in [6.07, 6.45) is 1.91. The van der Waals surface area contributed by atoms with E-state index in [1.54, 1.807) is 12.1 Å². The number of hydrogen-bond acceptors (Lipinski definition) is 4. The molecule has 0 aliphatic carbocycles. The summed E-state index contributed by atoms with van der Waals surface area (Å²) in [5.74, 6) is 0.827. The molecule has 0 saturated carbocycles. The summed E-state index contributed by atoms with van der Waals surface area (Å²) >= 11 is 0. The van der Waals surface area contributed by atoms with Crippen molar-refractivity contribution in [3.8, 4) is 22.6 Å². The van der Waals surface area contributed by atoms with Crippen LogP contribution in [0.5, 0.6) is 11.5 Å². The highest BCUT2D eigenvalue weighted by molar-refractivity contribution is 5.66. The van der Waals surface area contributed by atoms with Crippen molar-refractivity contribution >= 4 is 0 Å². The number of halogens is 1. The zero-order chi connectivity index (χ0) is 18.4. The highest BCUT2D eigenvalue weighted by Crippen LogP contribution is 2.27. The van der Waals surface area contributed by atoms with Crippen LogP contribution >= 0.6 is 0 Å². The Balaban J connectivity index is 1.70. The summed E-state index contributed by atoms with van der Waals surface area (Å²) < 4.78 is 18.9. The number of aromatic amines is 1. The molecule has 0 amide bonds. The Kier molecular flexibility index (Phi) is 5.99. The summed E-state index contributed by atoms with van der Waals surface area (Å²) in [7, 11) is 4.02. The fourth-order valence-electron chi connectivity index (χ4n) is 2.70. The fourth-order valence-corrected chi connectivity index (χ4v) is 2.70. The van der Waals surface area contributed by atoms with Gasteiger partial charge in [0.25, 0.3) is 0 Å². The Labute approximate surface area is 152 Å². The zero-order valence-electron chi connectivity index (χ0n) is 15.0. The van der Waals surface area contributed by atoms with Crippen molar-refractivity contribution in [2.75, 3.05) is 27.2 Å². The first kappa shape index (κ1) is 18.1. The fraction of sp³-hybridized carbons (Fsp3) is 0.250. The molecule has 6 heteroatoms. The van der Waals surface area contributed by atoms with Crippen LogP contribution in [-0.2, 0) is 6.54 Å². The summed E-state index contributed by atoms with van der Waals surface area (Å²) in [6, 6.07) is 13.8. The lowest BCUT2D eigenvalue weighted by atomic mass is 10.1. The average molecular weight is 354 g/mol. The van der Waals surface area contributed by atoms with E-state index >= 15 is 0 Å². The van der Waals surface area contributed by atoms with Crippen LogP contribution in [0.4, 0.5) is 4.39 Å². The van der Waals surface area contributed by atoms with E-state index in [4.69, 9.17) is 4.74 Å². The number of H-pyrrole nitrogens is 1. The van der Waals surface area contributed by atoms with Crippen molar-refractivity contribution in [2.45, 2.75) is 6.54 Å². The summed E-state index contributed by atoms with van der Waals surface area (Å²) in [6.45, 7) is 2.65. The molecule has 0 saturated heterocycles. The normalized spacial score (nSPS) is 11.1. The molecule has 3 rings (SSSR count). The molecule has 0 bridgehead atoms. The van der Waals surface area contributed by atoms with Gasteiger partial charge in [-0.3, -0.25) is 10.00 Å². The standard InChI is InChI=1S/C20H23FN4O/c1-22-10-11-25(2)14-20-19(13-23-24-20)15-6-8-17(9-7-15)26-18-5-3-4-16(21)12-18/h3-9,12-13,22H,10-11,14H2,1-2H3,(H,23,24). The van der Waals surface area contributed by atoms with Gasteiger partial charge in [0.2, 0.25) is 0 Å². The van der Waals surface area contributed by atoms with Crippen LogP contribution in [0.15, 0.2) is 54.7 Å². The van der Waals surface area contributed by atoms with Gasteiger partial charge >= 0.3 is 0 Å². The highest BCUT2D eigenvalue weighted by Gasteiger charge is 2.11. The van der Waals surface area contributed by atoms with Gasteiger partial charge in [0.15, 0.2) is 0 Å². The molecule has 0 unspecified atom stereocenters. The SMILES string of the molecule is CNCCN(C)Cc1n[nH]cc1-c1ccc(Oc2cccc(F)c2)cc1. The maximum atomic E-state index is 13.2. The third-order valence-corrected chi connectivity index (χ3v) is 4.08. The van der Waals surface area contributed by atoms with E-state index in [-0.39, 0.29) is 5.82 Å². The second-order valence-corrected chi connectivity index (χ2v) is 6.17. The molecule has 1 heterocycles. The predicted molar refractivity (Wildman–Crippen MR) is 101 cm³/mol. The highest BCUT2D eigenvalue weighted by atomic mass is 19.1. The van der Waals surface area contributed by atoms with Crippen LogP contribution in [0.25, 0.3) is 11.1 Å². The van der Waals surface area contributed by atoms with Crippen molar-refractivity contribution in [2.24, 2.45) is 0 Å². The van der Waals surface area contributed by atoms with Crippen molar-refractivity contribution in [3.05, 3.63) is 66.2 Å². The molecule has 0 radical (unpaired) electrons. The van der Waals surface area contributed by atoms with Crippen molar-refractivity contribution in [3.63, 3.8) is 0 Å². The molecular weight excluding hydrogens is 331 g/mol. The van der Waals surface area contributed by atoms with Gasteiger partial charge in [-0.15, -0.1) is 0 Å². The zero-order valence-corrected chi connectivity index (χ0v) is 15.0. The number of nitrogens with one attached hydrogen (secondary N) is 2. The van der Waals surface area contributed by atoms with Gasteiger partial charge in [-0.05, 0) is 43.9 Å². The first-order valence-corrected chi connectivity index (χ1v) is 8.55. The van der Waals surface area contributed by atoms with E-state index in [0.29, 0.717) is 11.5 Å². The number of nitrogens with zero attached hydrogens (tertiary/aromatic N) is 2. The molecule has 0 fully saturated rings. The smallest absolute Gasteiger partial charge is 0.130 e. The van der Waals surface area contributed by atoms with Gasteiger partial charge in [-0.1, -0.05) is 18.2 Å². The van der Waals surface area contributed by atoms with Crippen LogP contribution in [0.1, 0.15) is 5.69 Å². The average Bonchev–Trinajstić information content (AvgIpc) is 3.09. The van der Waals surface area contributed by atoms with Gasteiger partial charge in [-0.2, -0.15) is 5.10 Å². The lowest BCUT2D eigenvalue weighted by Crippen LogP contribution is -2.27. The molecular formula is C20H23FN4O. The molecule has 2 aromatic carbocycles. The van der Waals surface area contributed by atoms with Crippen LogP contribution in [-0.4, -0.2) is 42.3 Å². The van der Waals surface area contributed by atoms with Crippen LogP contribution < -0.4 is 10.1 Å². The molecule has 0 atom stereocenters. The number of benzene rings is 2. The minimum Gasteiger partial charge on any atom is -0.457 e. The Morgan fingerprint density at radius 3 is 2.69 bits per heavy atom. The number of hydrogen-bond donors (Lipinski definition) is 2. The number of rotatable bonds is 8. The largest absolute Gasteiger partial charge is 0.457 e. The number of likely N-dealkylation sites (N-methyl/N-ethyl adjacent to an activating group) is 2. The Bertz CT molecular complexity index is 832. The summed E-state index contributed by atoms with van der Waals surface area (Å²) in [5.41, 5.74) is 3.13. The molecule has 5 nitrogen and oxygen atoms in total. The first-order valence-electron chi connectivity index (χ1n) is 8.55. The molecule has 0 aliphatic heterocycles. The monoisotopic (exact) mass is 354 g/mol. The third kappa shape index (κ3) is 4.68. The van der Waals surface area contributed by atoms with Gasteiger partial charge in [0, 0.05) is 37.5 Å². The topological polar surface area (TPSA) is 53.2 Å². The second-order valence-electron chi connectivity index (χ2n) is 6.17. The Morgan fingerprint density at radius 1 is 1.15 bits per heavy atom. The van der Waals surface area contributed by atoms with E-state index in [1.807, 2.05) is 37.5 Å². The molecule has 136 valence electrons. The van der Waals surface area contributed by atoms with E-state index in [2.05, 4.69) is 27.5 Å². The van der Waals surface area contributed by atoms with E-state index < -0.39 is 0 Å². The Morgan fingerprint density at radius 2 is 1.96 bits per heavy atom. The maximum Gasteiger partial charge on any atom is 0.130 e. The first-order chi connectivity index (χ1) is 12.7. The predicted octanol–water partition coefficient (Wildman–Crippen LogP) is 3.66. The van der Waals surface area contributed by atoms with Gasteiger partial charge in [0.1, 0.15) is 17.3 Å². The minimum absolute atomic E-state index is 0.315. The van der Waals surface area contributed by atoms with Crippen molar-refractivity contribution < 1.29 is 9.13 Å². The maximum absolute atomic E-state index is 13.2. The van der Waals surface area contributed by atoms with E-state index in [1.165, 1.54) is 12.1 Å². The van der Waals surface area contributed by atoms with Crippen LogP contribution in [0.2, 0.25) is 0 Å². The molecule has 0 aliphatic rings. The molecule has 3 aromatic rings. The van der Waals surface area contributed by atoms with Crippen molar-refractivity contribution in [1.29, 1.82) is 0 Å². The van der Waals surface area contributed by atoms with E-state index in [0.717, 1.165) is 36.5 Å². The van der Waals surface area contributed by atoms with E-state index in [9.17, 15) is 4.39 Å². The van der Waals surface area contributed by atoms with Gasteiger partial charge in [0.05, 0.1) is 5.69 Å². The lowest BCUT2D eigenvalue weighted by molar-refractivity contribution is 0.324. The molecule has 0 spiro atoms. The minimum atomic E-state index is -0.315. The van der Waals surface area contributed by atoms with Crippen LogP contribution in [0, 0.1) is 5.82 Å². The van der Waals surface area contributed by atoms with Gasteiger partial charge in [-0.25, -0.2) is 4.39 Å². The van der Waals surface area contributed by atoms with Gasteiger partial charge < -0.3 is 10.1 Å². The number of aromatic nitrogens is 2. The third-order valence-electron chi connectivity index (χ3n) is 4.08. The summed E-state index contributed by atoms with van der Waals surface area (Å²) in [5, 5.41) is 10.5. The number of ether oxygens (including phenoxy) is 1. The molecule has 2 N–H and O–H groups in total. The lowest BCUT2D eigenvalue weighted by Gasteiger charge is -2.15.